The molecule has 6 rings (SSSR count). The van der Waals surface area contributed by atoms with Crippen LogP contribution in [-0.4, -0.2) is 56.8 Å². The van der Waals surface area contributed by atoms with E-state index < -0.39 is 10.0 Å². The van der Waals surface area contributed by atoms with Gasteiger partial charge in [0.25, 0.3) is 5.91 Å². The second-order valence-corrected chi connectivity index (χ2v) is 13.5. The first-order valence-corrected chi connectivity index (χ1v) is 15.6. The molecular weight excluding hydrogens is 537 g/mol. The summed E-state index contributed by atoms with van der Waals surface area (Å²) in [5.41, 5.74) is 2.89. The van der Waals surface area contributed by atoms with Gasteiger partial charge < -0.3 is 0 Å². The Kier molecular flexibility index (Phi) is 6.98. The molecule has 0 unspecified atom stereocenters. The molecule has 0 bridgehead atoms. The number of carbonyl (C=O) groups is 1. The average molecular weight is 565 g/mol. The fourth-order valence-electron chi connectivity index (χ4n) is 5.41. The monoisotopic (exact) mass is 564 g/mol. The molecule has 38 heavy (non-hydrogen) atoms. The summed E-state index contributed by atoms with van der Waals surface area (Å²) >= 11 is 6.93. The number of carbonyl (C=O) groups excluding carboxylic acids is 1. The van der Waals surface area contributed by atoms with Gasteiger partial charge in [0.15, 0.2) is 0 Å². The van der Waals surface area contributed by atoms with Crippen molar-refractivity contribution in [1.29, 1.82) is 0 Å². The number of aromatic nitrogens is 2. The minimum atomic E-state index is -3.58. The molecule has 10 heteroatoms. The smallest absolute Gasteiger partial charge is 0.266 e. The lowest BCUT2D eigenvalue weighted by molar-refractivity contribution is -0.123. The Labute approximate surface area is 232 Å². The third-order valence-electron chi connectivity index (χ3n) is 7.37. The quantitative estimate of drug-likeness (QED) is 0.292. The predicted octanol–water partition coefficient (Wildman–Crippen LogP) is 5.47. The topological polar surface area (TPSA) is 75.5 Å². The number of thiocarbonyl (C=S) groups is 1. The average Bonchev–Trinajstić information content (AvgIpc) is 3.74. The molecule has 2 aromatic carbocycles. The summed E-state index contributed by atoms with van der Waals surface area (Å²) in [5.74, 6) is -0.0596. The van der Waals surface area contributed by atoms with E-state index >= 15 is 0 Å². The molecule has 2 saturated heterocycles. The van der Waals surface area contributed by atoms with Gasteiger partial charge in [-0.15, -0.1) is 0 Å². The van der Waals surface area contributed by atoms with Gasteiger partial charge in [-0.3, -0.25) is 9.69 Å². The van der Waals surface area contributed by atoms with Crippen LogP contribution in [0.2, 0.25) is 0 Å². The van der Waals surface area contributed by atoms with Gasteiger partial charge in [-0.05, 0) is 56.0 Å². The molecule has 1 saturated carbocycles. The summed E-state index contributed by atoms with van der Waals surface area (Å²) in [6.07, 6.45) is 9.68. The van der Waals surface area contributed by atoms with Crippen LogP contribution in [-0.2, 0) is 14.8 Å². The minimum Gasteiger partial charge on any atom is -0.290 e. The SMILES string of the molecule is O=C1C(=Cc2cn(-c3ccccc3)nc2-c2cccc(S(=O)(=O)N3CCCC3)c2)SC(=S)N1C1CCCC1. The number of benzene rings is 2. The molecular formula is C28H28N4O3S3. The molecule has 7 nitrogen and oxygen atoms in total. The van der Waals surface area contributed by atoms with Crippen LogP contribution in [0.15, 0.2) is 70.6 Å². The van der Waals surface area contributed by atoms with E-state index in [1.807, 2.05) is 48.7 Å². The number of hydrogen-bond acceptors (Lipinski definition) is 6. The van der Waals surface area contributed by atoms with Crippen molar-refractivity contribution >= 4 is 50.3 Å². The number of hydrogen-bond donors (Lipinski definition) is 0. The fraction of sp³-hybridized carbons (Fsp3) is 0.321. The summed E-state index contributed by atoms with van der Waals surface area (Å²) in [4.78, 5) is 16.0. The van der Waals surface area contributed by atoms with Crippen molar-refractivity contribution < 1.29 is 13.2 Å². The highest BCUT2D eigenvalue weighted by molar-refractivity contribution is 8.26. The number of sulfonamides is 1. The van der Waals surface area contributed by atoms with E-state index in [2.05, 4.69) is 0 Å². The predicted molar refractivity (Wildman–Crippen MR) is 154 cm³/mol. The van der Waals surface area contributed by atoms with Crippen molar-refractivity contribution in [3.05, 3.63) is 71.3 Å². The summed E-state index contributed by atoms with van der Waals surface area (Å²) in [7, 11) is -3.58. The van der Waals surface area contributed by atoms with Gasteiger partial charge in [0, 0.05) is 36.5 Å². The molecule has 0 N–H and O–H groups in total. The summed E-state index contributed by atoms with van der Waals surface area (Å²) in [6, 6.07) is 16.8. The van der Waals surface area contributed by atoms with Gasteiger partial charge in [0.1, 0.15) is 10.0 Å². The van der Waals surface area contributed by atoms with Gasteiger partial charge in [0.05, 0.1) is 15.5 Å². The first-order valence-electron chi connectivity index (χ1n) is 12.9. The first kappa shape index (κ1) is 25.5. The fourth-order valence-corrected chi connectivity index (χ4v) is 8.36. The zero-order valence-corrected chi connectivity index (χ0v) is 23.3. The largest absolute Gasteiger partial charge is 0.290 e. The molecule has 2 aliphatic heterocycles. The van der Waals surface area contributed by atoms with Crippen LogP contribution >= 0.6 is 24.0 Å². The van der Waals surface area contributed by atoms with E-state index in [4.69, 9.17) is 17.3 Å². The van der Waals surface area contributed by atoms with Crippen molar-refractivity contribution in [3.63, 3.8) is 0 Å². The number of thioether (sulfide) groups is 1. The highest BCUT2D eigenvalue weighted by atomic mass is 32.2. The van der Waals surface area contributed by atoms with E-state index in [9.17, 15) is 13.2 Å². The van der Waals surface area contributed by atoms with Crippen LogP contribution < -0.4 is 0 Å². The van der Waals surface area contributed by atoms with E-state index in [0.29, 0.717) is 33.6 Å². The zero-order valence-electron chi connectivity index (χ0n) is 20.8. The number of nitrogens with zero attached hydrogens (tertiary/aromatic N) is 4. The molecule has 3 aromatic rings. The van der Waals surface area contributed by atoms with Crippen LogP contribution in [0.5, 0.6) is 0 Å². The van der Waals surface area contributed by atoms with Crippen molar-refractivity contribution in [1.82, 2.24) is 19.0 Å². The first-order chi connectivity index (χ1) is 18.4. The van der Waals surface area contributed by atoms with Crippen LogP contribution in [0.4, 0.5) is 0 Å². The number of rotatable bonds is 6. The van der Waals surface area contributed by atoms with Crippen molar-refractivity contribution in [2.75, 3.05) is 13.1 Å². The van der Waals surface area contributed by atoms with Gasteiger partial charge >= 0.3 is 0 Å². The Morgan fingerprint density at radius 2 is 1.71 bits per heavy atom. The molecule has 1 amide bonds. The van der Waals surface area contributed by atoms with Crippen molar-refractivity contribution in [2.45, 2.75) is 49.5 Å². The molecule has 3 heterocycles. The highest BCUT2D eigenvalue weighted by Gasteiger charge is 2.38. The Balaban J connectivity index is 1.42. The minimum absolute atomic E-state index is 0.0596. The Morgan fingerprint density at radius 3 is 2.45 bits per heavy atom. The van der Waals surface area contributed by atoms with Crippen LogP contribution in [0.1, 0.15) is 44.1 Å². The maximum Gasteiger partial charge on any atom is 0.266 e. The molecule has 0 radical (unpaired) electrons. The Bertz CT molecular complexity index is 1520. The van der Waals surface area contributed by atoms with Gasteiger partial charge in [-0.25, -0.2) is 13.1 Å². The maximum atomic E-state index is 13.4. The molecule has 1 aromatic heterocycles. The second kappa shape index (κ2) is 10.4. The normalized spacial score (nSPS) is 20.3. The zero-order chi connectivity index (χ0) is 26.3. The molecule has 0 atom stereocenters. The Hall–Kier alpha value is -2.79. The van der Waals surface area contributed by atoms with E-state index in [0.717, 1.165) is 49.8 Å². The van der Waals surface area contributed by atoms with Crippen LogP contribution in [0.25, 0.3) is 23.0 Å². The second-order valence-electron chi connectivity index (χ2n) is 9.84. The number of amides is 1. The summed E-state index contributed by atoms with van der Waals surface area (Å²) in [6.45, 7) is 1.09. The third-order valence-corrected chi connectivity index (χ3v) is 10.6. The lowest BCUT2D eigenvalue weighted by atomic mass is 10.1. The van der Waals surface area contributed by atoms with Gasteiger partial charge in [-0.1, -0.05) is 67.2 Å². The summed E-state index contributed by atoms with van der Waals surface area (Å²) < 4.78 is 30.5. The maximum absolute atomic E-state index is 13.4. The van der Waals surface area contributed by atoms with Crippen molar-refractivity contribution in [2.24, 2.45) is 0 Å². The molecule has 1 aliphatic carbocycles. The van der Waals surface area contributed by atoms with E-state index in [1.54, 1.807) is 32.1 Å². The molecule has 196 valence electrons. The lowest BCUT2D eigenvalue weighted by Crippen LogP contribution is -2.36. The van der Waals surface area contributed by atoms with Crippen molar-refractivity contribution in [3.8, 4) is 16.9 Å². The Morgan fingerprint density at radius 1 is 0.974 bits per heavy atom. The lowest BCUT2D eigenvalue weighted by Gasteiger charge is -2.21. The highest BCUT2D eigenvalue weighted by Crippen LogP contribution is 2.39. The molecule has 3 fully saturated rings. The molecule has 3 aliphatic rings. The molecule has 0 spiro atoms. The van der Waals surface area contributed by atoms with E-state index in [1.165, 1.54) is 11.8 Å². The van der Waals surface area contributed by atoms with Crippen LogP contribution in [0.3, 0.4) is 0 Å². The summed E-state index contributed by atoms with van der Waals surface area (Å²) in [5, 5.41) is 4.85. The van der Waals surface area contributed by atoms with E-state index in [-0.39, 0.29) is 16.8 Å². The standard InChI is InChI=1S/C28H28N4O3S3/c33-27-25(37-28(36)32(27)23-12-4-5-13-23)18-21-19-31(22-10-2-1-3-11-22)29-26(21)20-9-8-14-24(17-20)38(34,35)30-15-6-7-16-30/h1-3,8-11,14,17-19,23H,4-7,12-13,15-16H2. The third kappa shape index (κ3) is 4.75. The number of para-hydroxylation sites is 1. The van der Waals surface area contributed by atoms with Crippen LogP contribution in [0, 0.1) is 0 Å². The van der Waals surface area contributed by atoms with Gasteiger partial charge in [-0.2, -0.15) is 9.40 Å². The van der Waals surface area contributed by atoms with Gasteiger partial charge in [0.2, 0.25) is 10.0 Å².